The van der Waals surface area contributed by atoms with Crippen molar-refractivity contribution in [3.05, 3.63) is 98.5 Å². The highest BCUT2D eigenvalue weighted by Crippen LogP contribution is 2.53. The third-order valence-electron chi connectivity index (χ3n) is 7.25. The van der Waals surface area contributed by atoms with Gasteiger partial charge in [-0.15, -0.1) is 0 Å². The number of nitrogens with zero attached hydrogens (tertiary/aromatic N) is 1. The summed E-state index contributed by atoms with van der Waals surface area (Å²) in [5.74, 6) is -2.40. The molecule has 2 N–H and O–H groups in total. The first-order valence-electron chi connectivity index (χ1n) is 13.2. The Morgan fingerprint density at radius 3 is 2.45 bits per heavy atom. The molecule has 6 rings (SSSR count). The number of imide groups is 1. The van der Waals surface area contributed by atoms with Crippen LogP contribution in [-0.2, 0) is 20.6 Å². The van der Waals surface area contributed by atoms with E-state index in [9.17, 15) is 32.3 Å². The van der Waals surface area contributed by atoms with Crippen LogP contribution in [0.5, 0.6) is 11.5 Å². The molecule has 14 heteroatoms. The van der Waals surface area contributed by atoms with Crippen LogP contribution in [0, 0.1) is 5.92 Å². The molecule has 3 amide bonds. The van der Waals surface area contributed by atoms with Crippen LogP contribution in [0.2, 0.25) is 0 Å². The van der Waals surface area contributed by atoms with Gasteiger partial charge >= 0.3 is 11.0 Å². The van der Waals surface area contributed by atoms with Crippen LogP contribution in [0.15, 0.2) is 82.6 Å². The molecule has 0 bridgehead atoms. The van der Waals surface area contributed by atoms with Gasteiger partial charge in [-0.1, -0.05) is 47.4 Å². The molecular weight excluding hydrogens is 619 g/mol. The average molecular weight is 642 g/mol. The van der Waals surface area contributed by atoms with E-state index in [-0.39, 0.29) is 10.6 Å². The number of ether oxygens (including phenoxy) is 2. The van der Waals surface area contributed by atoms with Gasteiger partial charge in [0, 0.05) is 10.8 Å². The number of alkyl halides is 3. The molecule has 0 radical (unpaired) electrons. The number of hydrogen-bond acceptors (Lipinski definition) is 8. The summed E-state index contributed by atoms with van der Waals surface area (Å²) in [6.45, 7) is -0.590. The number of fused-ring (bicyclic) bond motifs is 2. The Bertz CT molecular complexity index is 1820. The van der Waals surface area contributed by atoms with E-state index < -0.39 is 58.8 Å². The quantitative estimate of drug-likeness (QED) is 0.264. The van der Waals surface area contributed by atoms with Crippen LogP contribution in [0.25, 0.3) is 0 Å². The second-order valence-electron chi connectivity index (χ2n) is 9.91. The summed E-state index contributed by atoms with van der Waals surface area (Å²) in [5, 5.41) is 1.92. The number of amides is 3. The minimum absolute atomic E-state index is 0.213. The van der Waals surface area contributed by atoms with E-state index in [4.69, 9.17) is 9.47 Å². The maximum atomic E-state index is 13.9. The van der Waals surface area contributed by atoms with Gasteiger partial charge in [-0.25, -0.2) is 4.90 Å². The van der Waals surface area contributed by atoms with Crippen molar-refractivity contribution in [2.75, 3.05) is 23.9 Å². The lowest BCUT2D eigenvalue weighted by atomic mass is 9.83. The number of rotatable bonds is 7. The lowest BCUT2D eigenvalue weighted by Gasteiger charge is -2.30. The number of thioether (sulfide) groups is 1. The summed E-state index contributed by atoms with van der Waals surface area (Å²) >= 11 is 2.09. The maximum absolute atomic E-state index is 13.9. The Balaban J connectivity index is 1.26. The molecule has 3 aromatic carbocycles. The van der Waals surface area contributed by atoms with Gasteiger partial charge in [-0.05, 0) is 54.1 Å². The predicted octanol–water partition coefficient (Wildman–Crippen LogP) is 5.28. The van der Waals surface area contributed by atoms with Gasteiger partial charge in [0.15, 0.2) is 6.61 Å². The molecule has 226 valence electrons. The zero-order chi connectivity index (χ0) is 31.2. The fourth-order valence-corrected chi connectivity index (χ4v) is 7.85. The van der Waals surface area contributed by atoms with Gasteiger partial charge in [0.25, 0.3) is 5.91 Å². The van der Waals surface area contributed by atoms with Crippen LogP contribution in [0.4, 0.5) is 24.5 Å². The second-order valence-corrected chi connectivity index (χ2v) is 12.1. The Morgan fingerprint density at radius 1 is 0.977 bits per heavy atom. The van der Waals surface area contributed by atoms with E-state index in [1.165, 1.54) is 19.2 Å². The van der Waals surface area contributed by atoms with E-state index in [1.54, 1.807) is 48.5 Å². The highest BCUT2D eigenvalue weighted by atomic mass is 32.2. The summed E-state index contributed by atoms with van der Waals surface area (Å²) in [7, 11) is 1.51. The average Bonchev–Trinajstić information content (AvgIpc) is 3.50. The number of methoxy groups -OCH3 is 1. The van der Waals surface area contributed by atoms with E-state index >= 15 is 0 Å². The number of anilines is 2. The molecule has 44 heavy (non-hydrogen) atoms. The van der Waals surface area contributed by atoms with Gasteiger partial charge in [0.1, 0.15) is 16.7 Å². The summed E-state index contributed by atoms with van der Waals surface area (Å²) < 4.78 is 50.8. The molecule has 3 heterocycles. The van der Waals surface area contributed by atoms with Gasteiger partial charge in [0.2, 0.25) is 11.8 Å². The molecule has 4 aromatic rings. The Kier molecular flexibility index (Phi) is 7.72. The van der Waals surface area contributed by atoms with Crippen molar-refractivity contribution in [3.8, 4) is 11.5 Å². The molecule has 0 saturated carbocycles. The summed E-state index contributed by atoms with van der Waals surface area (Å²) in [6, 6.07) is 17.7. The zero-order valence-electron chi connectivity index (χ0n) is 22.7. The van der Waals surface area contributed by atoms with Crippen LogP contribution < -0.4 is 24.6 Å². The molecular formula is C30H22F3N3O6S2. The highest BCUT2D eigenvalue weighted by molar-refractivity contribution is 8.00. The maximum Gasteiger partial charge on any atom is 0.418 e. The Labute approximate surface area is 256 Å². The molecule has 2 aliphatic rings. The van der Waals surface area contributed by atoms with Crippen LogP contribution >= 0.6 is 23.1 Å². The van der Waals surface area contributed by atoms with Crippen LogP contribution in [0.3, 0.4) is 0 Å². The number of carbonyl (C=O) groups excluding carboxylic acids is 3. The fourth-order valence-electron chi connectivity index (χ4n) is 5.33. The molecule has 1 fully saturated rings. The predicted molar refractivity (Wildman–Crippen MR) is 157 cm³/mol. The van der Waals surface area contributed by atoms with E-state index in [0.29, 0.717) is 26.9 Å². The van der Waals surface area contributed by atoms with Gasteiger partial charge < -0.3 is 19.8 Å². The SMILES string of the molecule is COc1ccc(N2C(=O)[C@H]3[C@H](c4cccc(OCC(=O)Nc5ccccc5C(F)(F)F)c4)c4sc(=O)[nH]c4S[C@H]3C2=O)cc1. The molecule has 1 aromatic heterocycles. The van der Waals surface area contributed by atoms with Gasteiger partial charge in [-0.2, -0.15) is 13.2 Å². The Morgan fingerprint density at radius 2 is 1.73 bits per heavy atom. The van der Waals surface area contributed by atoms with E-state index in [0.717, 1.165) is 40.1 Å². The lowest BCUT2D eigenvalue weighted by Crippen LogP contribution is -2.32. The first kappa shape index (κ1) is 29.5. The molecule has 3 atom stereocenters. The molecule has 9 nitrogen and oxygen atoms in total. The van der Waals surface area contributed by atoms with E-state index in [2.05, 4.69) is 10.3 Å². The monoisotopic (exact) mass is 641 g/mol. The first-order chi connectivity index (χ1) is 21.0. The third-order valence-corrected chi connectivity index (χ3v) is 9.65. The third kappa shape index (κ3) is 5.46. The number of aromatic nitrogens is 1. The van der Waals surface area contributed by atoms with Gasteiger partial charge in [0.05, 0.1) is 35.0 Å². The molecule has 0 unspecified atom stereocenters. The van der Waals surface area contributed by atoms with Crippen molar-refractivity contribution >= 4 is 52.2 Å². The highest BCUT2D eigenvalue weighted by Gasteiger charge is 2.56. The summed E-state index contributed by atoms with van der Waals surface area (Å²) in [6.07, 6.45) is -4.65. The molecule has 0 aliphatic carbocycles. The molecule has 0 spiro atoms. The fraction of sp³-hybridized carbons (Fsp3) is 0.200. The summed E-state index contributed by atoms with van der Waals surface area (Å²) in [5.41, 5.74) is -0.425. The second kappa shape index (κ2) is 11.5. The van der Waals surface area contributed by atoms with Crippen molar-refractivity contribution in [1.82, 2.24) is 4.98 Å². The number of para-hydroxylation sites is 1. The van der Waals surface area contributed by atoms with Crippen LogP contribution in [0.1, 0.15) is 21.9 Å². The van der Waals surface area contributed by atoms with Gasteiger partial charge in [-0.3, -0.25) is 19.2 Å². The molecule has 2 aliphatic heterocycles. The number of H-pyrrole nitrogens is 1. The van der Waals surface area contributed by atoms with Crippen molar-refractivity contribution in [2.45, 2.75) is 22.4 Å². The van der Waals surface area contributed by atoms with E-state index in [1.807, 2.05) is 0 Å². The number of halogens is 3. The minimum atomic E-state index is -4.65. The van der Waals surface area contributed by atoms with Crippen LogP contribution in [-0.4, -0.2) is 41.7 Å². The summed E-state index contributed by atoms with van der Waals surface area (Å²) in [4.78, 5) is 56.6. The zero-order valence-corrected chi connectivity index (χ0v) is 24.3. The molecule has 1 saturated heterocycles. The lowest BCUT2D eigenvalue weighted by molar-refractivity contribution is -0.137. The number of aromatic amines is 1. The normalized spacial score (nSPS) is 19.4. The van der Waals surface area contributed by atoms with Crippen molar-refractivity contribution in [3.63, 3.8) is 0 Å². The number of thiazole rings is 1. The largest absolute Gasteiger partial charge is 0.497 e. The minimum Gasteiger partial charge on any atom is -0.497 e. The number of hydrogen-bond donors (Lipinski definition) is 2. The first-order valence-corrected chi connectivity index (χ1v) is 14.8. The Hall–Kier alpha value is -4.56. The van der Waals surface area contributed by atoms with Crippen molar-refractivity contribution < 1.29 is 37.0 Å². The number of benzene rings is 3. The topological polar surface area (TPSA) is 118 Å². The van der Waals surface area contributed by atoms with Crippen molar-refractivity contribution in [1.29, 1.82) is 0 Å². The van der Waals surface area contributed by atoms with Crippen molar-refractivity contribution in [2.24, 2.45) is 5.92 Å². The standard InChI is InChI=1S/C30H22F3N3O6S2/c1-41-17-11-9-16(10-12-17)36-27(38)23-22(24-26(35-29(40)44-24)43-25(23)28(36)39)15-5-4-6-18(13-15)42-14-21(37)34-20-8-3-2-7-19(20)30(31,32)33/h2-13,22-23,25H,14H2,1H3,(H,34,37)(H,35,40)/t22-,23-,25+/m0/s1. The number of carbonyl (C=O) groups is 3. The smallest absolute Gasteiger partial charge is 0.418 e. The number of nitrogens with one attached hydrogen (secondary N) is 2.